The Morgan fingerprint density at radius 2 is 1.91 bits per heavy atom. The standard InChI is InChI=1S/C17H16ClN3O/c1-11-5-3-4-6-14(11)17-19-16(20-21-17)10-22-15-8-7-13(18)9-12(15)2/h3-9H,10H2,1-2H3,(H,19,20,21). The zero-order valence-electron chi connectivity index (χ0n) is 12.4. The van der Waals surface area contributed by atoms with E-state index in [-0.39, 0.29) is 0 Å². The lowest BCUT2D eigenvalue weighted by atomic mass is 10.1. The molecule has 1 heterocycles. The largest absolute Gasteiger partial charge is 0.485 e. The van der Waals surface area contributed by atoms with Gasteiger partial charge >= 0.3 is 0 Å². The van der Waals surface area contributed by atoms with Crippen molar-refractivity contribution in [1.82, 2.24) is 15.2 Å². The average Bonchev–Trinajstić information content (AvgIpc) is 2.95. The second kappa shape index (κ2) is 6.20. The van der Waals surface area contributed by atoms with Crippen LogP contribution in [-0.2, 0) is 6.61 Å². The number of aromatic amines is 1. The number of nitrogens with zero attached hydrogens (tertiary/aromatic N) is 2. The van der Waals surface area contributed by atoms with Gasteiger partial charge in [-0.15, -0.1) is 0 Å². The highest BCUT2D eigenvalue weighted by atomic mass is 35.5. The summed E-state index contributed by atoms with van der Waals surface area (Å²) in [5.74, 6) is 2.16. The van der Waals surface area contributed by atoms with Gasteiger partial charge in [0.1, 0.15) is 12.4 Å². The number of H-pyrrole nitrogens is 1. The molecule has 0 amide bonds. The van der Waals surface area contributed by atoms with Crippen LogP contribution in [0.1, 0.15) is 17.0 Å². The van der Waals surface area contributed by atoms with E-state index in [1.54, 1.807) is 0 Å². The summed E-state index contributed by atoms with van der Waals surface area (Å²) in [5.41, 5.74) is 3.15. The maximum absolute atomic E-state index is 5.94. The zero-order chi connectivity index (χ0) is 15.5. The van der Waals surface area contributed by atoms with Crippen LogP contribution in [0.4, 0.5) is 0 Å². The van der Waals surface area contributed by atoms with Gasteiger partial charge in [0.05, 0.1) is 0 Å². The fraction of sp³-hybridized carbons (Fsp3) is 0.176. The molecule has 0 aliphatic rings. The van der Waals surface area contributed by atoms with Crippen molar-refractivity contribution in [3.63, 3.8) is 0 Å². The summed E-state index contributed by atoms with van der Waals surface area (Å²) in [4.78, 5) is 4.49. The molecule has 5 heteroatoms. The first-order valence-electron chi connectivity index (χ1n) is 7.00. The van der Waals surface area contributed by atoms with Gasteiger partial charge < -0.3 is 4.74 Å². The maximum Gasteiger partial charge on any atom is 0.181 e. The molecule has 0 fully saturated rings. The number of halogens is 1. The Morgan fingerprint density at radius 3 is 2.68 bits per heavy atom. The van der Waals surface area contributed by atoms with Crippen molar-refractivity contribution in [2.24, 2.45) is 0 Å². The van der Waals surface area contributed by atoms with E-state index < -0.39 is 0 Å². The number of aromatic nitrogens is 3. The fourth-order valence-electron chi connectivity index (χ4n) is 2.22. The topological polar surface area (TPSA) is 50.8 Å². The monoisotopic (exact) mass is 313 g/mol. The molecule has 0 bridgehead atoms. The van der Waals surface area contributed by atoms with Gasteiger partial charge in [0.15, 0.2) is 11.6 Å². The van der Waals surface area contributed by atoms with E-state index in [9.17, 15) is 0 Å². The lowest BCUT2D eigenvalue weighted by Gasteiger charge is -2.07. The Bertz CT molecular complexity index is 798. The van der Waals surface area contributed by atoms with Gasteiger partial charge in [0.25, 0.3) is 0 Å². The molecule has 0 saturated heterocycles. The lowest BCUT2D eigenvalue weighted by Crippen LogP contribution is -1.99. The number of rotatable bonds is 4. The maximum atomic E-state index is 5.94. The number of nitrogens with one attached hydrogen (secondary N) is 1. The second-order valence-corrected chi connectivity index (χ2v) is 5.56. The first-order chi connectivity index (χ1) is 10.6. The molecule has 0 spiro atoms. The van der Waals surface area contributed by atoms with Gasteiger partial charge in [-0.3, -0.25) is 5.10 Å². The van der Waals surface area contributed by atoms with Crippen molar-refractivity contribution in [3.05, 3.63) is 64.4 Å². The van der Waals surface area contributed by atoms with Gasteiger partial charge in [-0.05, 0) is 43.2 Å². The molecule has 3 rings (SSSR count). The molecular formula is C17H16ClN3O. The number of hydrogen-bond donors (Lipinski definition) is 1. The van der Waals surface area contributed by atoms with E-state index in [0.29, 0.717) is 23.3 Å². The number of benzene rings is 2. The van der Waals surface area contributed by atoms with E-state index in [1.807, 2.05) is 56.3 Å². The minimum Gasteiger partial charge on any atom is -0.485 e. The van der Waals surface area contributed by atoms with E-state index >= 15 is 0 Å². The summed E-state index contributed by atoms with van der Waals surface area (Å²) >= 11 is 5.94. The lowest BCUT2D eigenvalue weighted by molar-refractivity contribution is 0.294. The van der Waals surface area contributed by atoms with E-state index in [2.05, 4.69) is 15.2 Å². The molecular weight excluding hydrogens is 298 g/mol. The molecule has 0 unspecified atom stereocenters. The molecule has 22 heavy (non-hydrogen) atoms. The van der Waals surface area contributed by atoms with Crippen LogP contribution >= 0.6 is 11.6 Å². The normalized spacial score (nSPS) is 10.7. The molecule has 0 atom stereocenters. The molecule has 0 aliphatic heterocycles. The summed E-state index contributed by atoms with van der Waals surface area (Å²) in [6, 6.07) is 13.6. The van der Waals surface area contributed by atoms with Crippen molar-refractivity contribution in [3.8, 4) is 17.1 Å². The minimum atomic E-state index is 0.335. The molecule has 0 saturated carbocycles. The van der Waals surface area contributed by atoms with Crippen LogP contribution in [0.2, 0.25) is 5.02 Å². The van der Waals surface area contributed by atoms with E-state index in [0.717, 1.165) is 22.4 Å². The Balaban J connectivity index is 1.74. The summed E-state index contributed by atoms with van der Waals surface area (Å²) < 4.78 is 5.76. The summed E-state index contributed by atoms with van der Waals surface area (Å²) in [6.45, 7) is 4.33. The third-order valence-electron chi connectivity index (χ3n) is 3.42. The SMILES string of the molecule is Cc1cc(Cl)ccc1OCc1nc(-c2ccccc2C)n[nH]1. The first kappa shape index (κ1) is 14.6. The average molecular weight is 314 g/mol. The first-order valence-corrected chi connectivity index (χ1v) is 7.37. The number of ether oxygens (including phenoxy) is 1. The highest BCUT2D eigenvalue weighted by Crippen LogP contribution is 2.23. The predicted octanol–water partition coefficient (Wildman–Crippen LogP) is 4.32. The van der Waals surface area contributed by atoms with Gasteiger partial charge in [-0.25, -0.2) is 4.98 Å². The van der Waals surface area contributed by atoms with Gasteiger partial charge in [0, 0.05) is 10.6 Å². The molecule has 4 nitrogen and oxygen atoms in total. The zero-order valence-corrected chi connectivity index (χ0v) is 13.2. The fourth-order valence-corrected chi connectivity index (χ4v) is 2.45. The Morgan fingerprint density at radius 1 is 1.09 bits per heavy atom. The van der Waals surface area contributed by atoms with E-state index in [1.165, 1.54) is 0 Å². The Kier molecular flexibility index (Phi) is 4.11. The van der Waals surface area contributed by atoms with Crippen LogP contribution in [0.25, 0.3) is 11.4 Å². The van der Waals surface area contributed by atoms with Gasteiger partial charge in [-0.2, -0.15) is 5.10 Å². The highest BCUT2D eigenvalue weighted by molar-refractivity contribution is 6.30. The molecule has 3 aromatic rings. The summed E-state index contributed by atoms with van der Waals surface area (Å²) in [6.07, 6.45) is 0. The van der Waals surface area contributed by atoms with Crippen molar-refractivity contribution < 1.29 is 4.74 Å². The molecule has 0 radical (unpaired) electrons. The molecule has 0 aliphatic carbocycles. The smallest absolute Gasteiger partial charge is 0.181 e. The van der Waals surface area contributed by atoms with Crippen LogP contribution in [0, 0.1) is 13.8 Å². The van der Waals surface area contributed by atoms with Crippen molar-refractivity contribution in [2.75, 3.05) is 0 Å². The third kappa shape index (κ3) is 3.12. The van der Waals surface area contributed by atoms with Gasteiger partial charge in [0.2, 0.25) is 0 Å². The summed E-state index contributed by atoms with van der Waals surface area (Å²) in [7, 11) is 0. The number of aryl methyl sites for hydroxylation is 2. The van der Waals surface area contributed by atoms with Crippen LogP contribution in [0.3, 0.4) is 0 Å². The Hall–Kier alpha value is -2.33. The molecule has 112 valence electrons. The van der Waals surface area contributed by atoms with Crippen LogP contribution in [0.5, 0.6) is 5.75 Å². The quantitative estimate of drug-likeness (QED) is 0.780. The van der Waals surface area contributed by atoms with Crippen molar-refractivity contribution in [1.29, 1.82) is 0 Å². The Labute approximate surface area is 134 Å². The van der Waals surface area contributed by atoms with Crippen molar-refractivity contribution in [2.45, 2.75) is 20.5 Å². The van der Waals surface area contributed by atoms with E-state index in [4.69, 9.17) is 16.3 Å². The second-order valence-electron chi connectivity index (χ2n) is 5.12. The third-order valence-corrected chi connectivity index (χ3v) is 3.65. The highest BCUT2D eigenvalue weighted by Gasteiger charge is 2.09. The summed E-state index contributed by atoms with van der Waals surface area (Å²) in [5, 5.41) is 7.88. The van der Waals surface area contributed by atoms with Crippen LogP contribution < -0.4 is 4.74 Å². The minimum absolute atomic E-state index is 0.335. The predicted molar refractivity (Wildman–Crippen MR) is 87.1 cm³/mol. The molecule has 2 aromatic carbocycles. The number of hydrogen-bond acceptors (Lipinski definition) is 3. The molecule has 1 aromatic heterocycles. The van der Waals surface area contributed by atoms with Crippen molar-refractivity contribution >= 4 is 11.6 Å². The van der Waals surface area contributed by atoms with Crippen LogP contribution in [0.15, 0.2) is 42.5 Å². The molecule has 1 N–H and O–H groups in total. The van der Waals surface area contributed by atoms with Crippen LogP contribution in [-0.4, -0.2) is 15.2 Å². The van der Waals surface area contributed by atoms with Gasteiger partial charge in [-0.1, -0.05) is 35.9 Å².